The normalized spacial score (nSPS) is 10.2. The van der Waals surface area contributed by atoms with Crippen molar-refractivity contribution in [2.75, 3.05) is 30.3 Å². The number of ether oxygens (including phenoxy) is 1. The first kappa shape index (κ1) is 23.6. The van der Waals surface area contributed by atoms with Crippen LogP contribution in [0.25, 0.3) is 0 Å². The van der Waals surface area contributed by atoms with Gasteiger partial charge in [0.1, 0.15) is 0 Å². The van der Waals surface area contributed by atoms with Gasteiger partial charge in [-0.1, -0.05) is 11.6 Å². The molecule has 0 fully saturated rings. The summed E-state index contributed by atoms with van der Waals surface area (Å²) in [5.41, 5.74) is 5.95. The van der Waals surface area contributed by atoms with Crippen molar-refractivity contribution in [2.45, 2.75) is 18.7 Å². The second-order valence-electron chi connectivity index (χ2n) is 6.12. The predicted octanol–water partition coefficient (Wildman–Crippen LogP) is 3.28. The van der Waals surface area contributed by atoms with Gasteiger partial charge in [-0.2, -0.15) is 0 Å². The summed E-state index contributed by atoms with van der Waals surface area (Å²) >= 11 is 7.08. The highest BCUT2D eigenvalue weighted by atomic mass is 35.5. The summed E-state index contributed by atoms with van der Waals surface area (Å²) in [6.45, 7) is 5.37. The molecule has 0 atom stereocenters. The molecular formula is C21H24ClN3O4S. The summed E-state index contributed by atoms with van der Waals surface area (Å²) < 4.78 is 4.90. The molecule has 7 nitrogen and oxygen atoms in total. The Morgan fingerprint density at radius 3 is 2.20 bits per heavy atom. The van der Waals surface area contributed by atoms with E-state index in [4.69, 9.17) is 16.3 Å². The van der Waals surface area contributed by atoms with Gasteiger partial charge in [0.25, 0.3) is 11.8 Å². The molecule has 0 heterocycles. The molecule has 0 saturated heterocycles. The van der Waals surface area contributed by atoms with Gasteiger partial charge in [-0.15, -0.1) is 11.8 Å². The van der Waals surface area contributed by atoms with E-state index in [1.54, 1.807) is 36.4 Å². The molecule has 160 valence electrons. The fraction of sp³-hybridized carbons (Fsp3) is 0.286. The van der Waals surface area contributed by atoms with Crippen LogP contribution in [0.5, 0.6) is 0 Å². The molecule has 2 aromatic carbocycles. The van der Waals surface area contributed by atoms with Gasteiger partial charge in [0.2, 0.25) is 0 Å². The first-order valence-electron chi connectivity index (χ1n) is 9.41. The lowest BCUT2D eigenvalue weighted by atomic mass is 10.2. The minimum Gasteiger partial charge on any atom is -0.455 e. The van der Waals surface area contributed by atoms with E-state index in [-0.39, 0.29) is 5.75 Å². The molecule has 9 heteroatoms. The number of thioether (sulfide) groups is 1. The second-order valence-corrected chi connectivity index (χ2v) is 7.61. The van der Waals surface area contributed by atoms with Crippen LogP contribution >= 0.6 is 23.4 Å². The first-order chi connectivity index (χ1) is 14.4. The maximum atomic E-state index is 12.1. The second kappa shape index (κ2) is 12.1. The molecule has 2 rings (SSSR count). The van der Waals surface area contributed by atoms with Crippen molar-refractivity contribution in [3.63, 3.8) is 0 Å². The van der Waals surface area contributed by atoms with Crippen LogP contribution in [0.15, 0.2) is 53.4 Å². The van der Waals surface area contributed by atoms with Crippen LogP contribution in [0, 0.1) is 0 Å². The third kappa shape index (κ3) is 7.61. The number of nitrogens with one attached hydrogen (secondary N) is 2. The van der Waals surface area contributed by atoms with Crippen molar-refractivity contribution in [2.24, 2.45) is 0 Å². The molecule has 2 amide bonds. The molecule has 2 N–H and O–H groups in total. The molecule has 2 aromatic rings. The van der Waals surface area contributed by atoms with Gasteiger partial charge < -0.3 is 9.64 Å². The molecule has 0 unspecified atom stereocenters. The molecule has 0 aromatic heterocycles. The van der Waals surface area contributed by atoms with Crippen LogP contribution in [0.2, 0.25) is 5.02 Å². The Bertz CT molecular complexity index is 856. The summed E-state index contributed by atoms with van der Waals surface area (Å²) in [4.78, 5) is 38.7. The minimum absolute atomic E-state index is 0.0557. The Kier molecular flexibility index (Phi) is 9.50. The van der Waals surface area contributed by atoms with Gasteiger partial charge in [-0.3, -0.25) is 25.2 Å². The number of nitrogens with zero attached hydrogens (tertiary/aromatic N) is 1. The molecule has 0 bridgehead atoms. The SMILES string of the molecule is CCN(CC)c1ccc(C(=O)NNC(=O)COC(=O)CSc2ccc(Cl)cc2)cc1. The Morgan fingerprint density at radius 1 is 0.967 bits per heavy atom. The number of hydrazine groups is 1. The number of amides is 2. The van der Waals surface area contributed by atoms with Gasteiger partial charge >= 0.3 is 5.97 Å². The standard InChI is InChI=1S/C21H24ClN3O4S/c1-3-25(4-2)17-9-5-15(6-10-17)21(28)24-23-19(26)13-29-20(27)14-30-18-11-7-16(22)8-12-18/h5-12H,3-4,13-14H2,1-2H3,(H,23,26)(H,24,28). The van der Waals surface area contributed by atoms with Crippen molar-refractivity contribution < 1.29 is 19.1 Å². The summed E-state index contributed by atoms with van der Waals surface area (Å²) in [5, 5.41) is 0.612. The van der Waals surface area contributed by atoms with Gasteiger partial charge in [0.15, 0.2) is 6.61 Å². The smallest absolute Gasteiger partial charge is 0.316 e. The Hall–Kier alpha value is -2.71. The Morgan fingerprint density at radius 2 is 1.60 bits per heavy atom. The van der Waals surface area contributed by atoms with Gasteiger partial charge in [-0.05, 0) is 62.4 Å². The fourth-order valence-corrected chi connectivity index (χ4v) is 3.33. The van der Waals surface area contributed by atoms with E-state index in [2.05, 4.69) is 29.6 Å². The van der Waals surface area contributed by atoms with Crippen LogP contribution in [-0.4, -0.2) is 43.2 Å². The van der Waals surface area contributed by atoms with Gasteiger partial charge in [0, 0.05) is 34.3 Å². The van der Waals surface area contributed by atoms with Crippen LogP contribution in [0.4, 0.5) is 5.69 Å². The fourth-order valence-electron chi connectivity index (χ4n) is 2.51. The number of hydrogen-bond donors (Lipinski definition) is 2. The Balaban J connectivity index is 1.70. The van der Waals surface area contributed by atoms with Crippen molar-refractivity contribution >= 4 is 46.8 Å². The van der Waals surface area contributed by atoms with E-state index in [9.17, 15) is 14.4 Å². The number of hydrogen-bond acceptors (Lipinski definition) is 6. The molecule has 30 heavy (non-hydrogen) atoms. The number of rotatable bonds is 9. The number of esters is 1. The number of carbonyl (C=O) groups is 3. The summed E-state index contributed by atoms with van der Waals surface area (Å²) in [6.07, 6.45) is 0. The maximum absolute atomic E-state index is 12.1. The summed E-state index contributed by atoms with van der Waals surface area (Å²) in [5.74, 6) is -1.57. The highest BCUT2D eigenvalue weighted by Gasteiger charge is 2.11. The van der Waals surface area contributed by atoms with Crippen LogP contribution in [-0.2, 0) is 14.3 Å². The lowest BCUT2D eigenvalue weighted by Gasteiger charge is -2.21. The average molecular weight is 450 g/mol. The molecule has 0 aliphatic rings. The average Bonchev–Trinajstić information content (AvgIpc) is 2.77. The van der Waals surface area contributed by atoms with Crippen LogP contribution in [0.3, 0.4) is 0 Å². The number of carbonyl (C=O) groups excluding carboxylic acids is 3. The maximum Gasteiger partial charge on any atom is 0.316 e. The predicted molar refractivity (Wildman–Crippen MR) is 119 cm³/mol. The van der Waals surface area contributed by atoms with E-state index in [1.165, 1.54) is 11.8 Å². The van der Waals surface area contributed by atoms with Crippen molar-refractivity contribution in [1.29, 1.82) is 0 Å². The molecule has 0 radical (unpaired) electrons. The van der Waals surface area contributed by atoms with E-state index >= 15 is 0 Å². The molecule has 0 spiro atoms. The van der Waals surface area contributed by atoms with Crippen molar-refractivity contribution in [3.05, 3.63) is 59.1 Å². The minimum atomic E-state index is -0.632. The molecule has 0 aliphatic carbocycles. The van der Waals surface area contributed by atoms with E-state index in [1.807, 2.05) is 12.1 Å². The van der Waals surface area contributed by atoms with E-state index in [0.717, 1.165) is 23.7 Å². The topological polar surface area (TPSA) is 87.7 Å². The summed E-state index contributed by atoms with van der Waals surface area (Å²) in [7, 11) is 0. The zero-order chi connectivity index (χ0) is 21.9. The quantitative estimate of drug-likeness (QED) is 0.347. The third-order valence-corrected chi connectivity index (χ3v) is 5.35. The van der Waals surface area contributed by atoms with Crippen molar-refractivity contribution in [1.82, 2.24) is 10.9 Å². The molecular weight excluding hydrogens is 426 g/mol. The third-order valence-electron chi connectivity index (χ3n) is 4.11. The monoisotopic (exact) mass is 449 g/mol. The number of anilines is 1. The summed E-state index contributed by atoms with van der Waals surface area (Å²) in [6, 6.07) is 14.1. The largest absolute Gasteiger partial charge is 0.455 e. The lowest BCUT2D eigenvalue weighted by molar-refractivity contribution is -0.146. The van der Waals surface area contributed by atoms with Gasteiger partial charge in [0.05, 0.1) is 5.75 Å². The number of halogens is 1. The van der Waals surface area contributed by atoms with Crippen LogP contribution in [0.1, 0.15) is 24.2 Å². The van der Waals surface area contributed by atoms with E-state index < -0.39 is 24.4 Å². The highest BCUT2D eigenvalue weighted by Crippen LogP contribution is 2.20. The first-order valence-corrected chi connectivity index (χ1v) is 10.8. The van der Waals surface area contributed by atoms with E-state index in [0.29, 0.717) is 10.6 Å². The molecule has 0 saturated carbocycles. The zero-order valence-corrected chi connectivity index (χ0v) is 18.4. The van der Waals surface area contributed by atoms with Crippen LogP contribution < -0.4 is 15.8 Å². The molecule has 0 aliphatic heterocycles. The Labute approximate surface area is 185 Å². The number of benzene rings is 2. The van der Waals surface area contributed by atoms with Gasteiger partial charge in [-0.25, -0.2) is 0 Å². The zero-order valence-electron chi connectivity index (χ0n) is 16.8. The van der Waals surface area contributed by atoms with Crippen molar-refractivity contribution in [3.8, 4) is 0 Å². The highest BCUT2D eigenvalue weighted by molar-refractivity contribution is 8.00. The lowest BCUT2D eigenvalue weighted by Crippen LogP contribution is -2.43.